The van der Waals surface area contributed by atoms with Crippen molar-refractivity contribution in [1.29, 1.82) is 0 Å². The van der Waals surface area contributed by atoms with E-state index < -0.39 is 0 Å². The number of hydrogen-bond donors (Lipinski definition) is 0. The third-order valence-electron chi connectivity index (χ3n) is 12.3. The van der Waals surface area contributed by atoms with Crippen molar-refractivity contribution < 1.29 is 4.74 Å². The molecule has 0 amide bonds. The molecule has 3 aliphatic rings. The third kappa shape index (κ3) is 3.86. The van der Waals surface area contributed by atoms with E-state index in [9.17, 15) is 0 Å². The highest BCUT2D eigenvalue weighted by atomic mass is 16.5. The molecule has 5 heterocycles. The second-order valence-electron chi connectivity index (χ2n) is 14.9. The lowest BCUT2D eigenvalue weighted by Crippen LogP contribution is -2.58. The lowest BCUT2D eigenvalue weighted by atomic mass is 9.34. The Balaban J connectivity index is 1.10. The summed E-state index contributed by atoms with van der Waals surface area (Å²) in [6, 6.07) is 55.9. The van der Waals surface area contributed by atoms with Crippen molar-refractivity contribution in [2.75, 3.05) is 11.9 Å². The summed E-state index contributed by atoms with van der Waals surface area (Å²) < 4.78 is 11.9. The highest BCUT2D eigenvalue weighted by molar-refractivity contribution is 6.99. The molecule has 9 aromatic rings. The largest absolute Gasteiger partial charge is 0.458 e. The Hall–Kier alpha value is -6.46. The fourth-order valence-electron chi connectivity index (χ4n) is 10.1. The Kier molecular flexibility index (Phi) is 5.80. The normalized spacial score (nSPS) is 15.2. The Morgan fingerprint density at radius 2 is 1.28 bits per heavy atom. The van der Waals surface area contributed by atoms with Crippen LogP contribution in [0, 0.1) is 6.92 Å². The van der Waals surface area contributed by atoms with E-state index in [1.165, 1.54) is 77.3 Å². The van der Waals surface area contributed by atoms with Crippen molar-refractivity contribution >= 4 is 61.5 Å². The van der Waals surface area contributed by atoms with Gasteiger partial charge in [-0.05, 0) is 95.0 Å². The van der Waals surface area contributed by atoms with Crippen molar-refractivity contribution in [3.8, 4) is 34.0 Å². The molecular formula is C48H34BN3O. The van der Waals surface area contributed by atoms with E-state index in [0.29, 0.717) is 0 Å². The smallest absolute Gasteiger partial charge is 0.256 e. The van der Waals surface area contributed by atoms with Crippen molar-refractivity contribution in [2.45, 2.75) is 19.4 Å². The molecule has 0 aliphatic carbocycles. The van der Waals surface area contributed by atoms with Crippen LogP contribution in [0.1, 0.15) is 22.9 Å². The average molecular weight is 680 g/mol. The first-order valence-electron chi connectivity index (χ1n) is 18.6. The number of nitrogens with zero attached hydrogens (tertiary/aromatic N) is 3. The van der Waals surface area contributed by atoms with Gasteiger partial charge in [-0.3, -0.25) is 0 Å². The van der Waals surface area contributed by atoms with Crippen LogP contribution >= 0.6 is 0 Å². The van der Waals surface area contributed by atoms with E-state index in [1.54, 1.807) is 0 Å². The number of rotatable bonds is 3. The van der Waals surface area contributed by atoms with Crippen molar-refractivity contribution in [1.82, 2.24) is 9.13 Å². The molecular weight excluding hydrogens is 645 g/mol. The van der Waals surface area contributed by atoms with Gasteiger partial charge in [0, 0.05) is 57.0 Å². The fourth-order valence-corrected chi connectivity index (χ4v) is 10.1. The van der Waals surface area contributed by atoms with Gasteiger partial charge in [-0.1, -0.05) is 103 Å². The van der Waals surface area contributed by atoms with Crippen LogP contribution < -0.4 is 26.0 Å². The van der Waals surface area contributed by atoms with Gasteiger partial charge < -0.3 is 18.8 Å². The maximum Gasteiger partial charge on any atom is 0.256 e. The molecule has 0 N–H and O–H groups in total. The second-order valence-corrected chi connectivity index (χ2v) is 14.9. The summed E-state index contributed by atoms with van der Waals surface area (Å²) in [5.74, 6) is 1.87. The quantitative estimate of drug-likeness (QED) is 0.174. The van der Waals surface area contributed by atoms with Crippen LogP contribution in [-0.4, -0.2) is 22.9 Å². The molecule has 1 atom stereocenters. The van der Waals surface area contributed by atoms with Gasteiger partial charge in [-0.2, -0.15) is 0 Å². The van der Waals surface area contributed by atoms with Crippen LogP contribution in [0.5, 0.6) is 11.5 Å². The first-order valence-corrected chi connectivity index (χ1v) is 18.6. The molecule has 5 heteroatoms. The number of likely N-dealkylation sites (N-methyl/N-ethyl adjacent to an activating group) is 1. The molecule has 7 aromatic carbocycles. The highest BCUT2D eigenvalue weighted by Crippen LogP contribution is 2.46. The van der Waals surface area contributed by atoms with Crippen LogP contribution in [0.15, 0.2) is 152 Å². The van der Waals surface area contributed by atoms with Crippen LogP contribution in [0.3, 0.4) is 0 Å². The molecule has 53 heavy (non-hydrogen) atoms. The molecule has 12 rings (SSSR count). The van der Waals surface area contributed by atoms with Crippen molar-refractivity contribution in [3.05, 3.63) is 168 Å². The van der Waals surface area contributed by atoms with Crippen LogP contribution in [0.4, 0.5) is 5.69 Å². The number of anilines is 1. The van der Waals surface area contributed by atoms with Crippen LogP contribution in [0.25, 0.3) is 55.2 Å². The average Bonchev–Trinajstić information content (AvgIpc) is 3.82. The van der Waals surface area contributed by atoms with E-state index in [1.807, 2.05) is 0 Å². The summed E-state index contributed by atoms with van der Waals surface area (Å²) in [6.07, 6.45) is 1.000. The Morgan fingerprint density at radius 3 is 2.11 bits per heavy atom. The highest BCUT2D eigenvalue weighted by Gasteiger charge is 2.42. The zero-order valence-corrected chi connectivity index (χ0v) is 29.5. The topological polar surface area (TPSA) is 22.3 Å². The zero-order valence-electron chi connectivity index (χ0n) is 29.5. The van der Waals surface area contributed by atoms with Gasteiger partial charge in [0.2, 0.25) is 0 Å². The maximum absolute atomic E-state index is 6.89. The summed E-state index contributed by atoms with van der Waals surface area (Å²) in [4.78, 5) is 2.49. The van der Waals surface area contributed by atoms with Gasteiger partial charge in [0.25, 0.3) is 6.71 Å². The molecule has 250 valence electrons. The van der Waals surface area contributed by atoms with Crippen LogP contribution in [-0.2, 0) is 6.42 Å². The van der Waals surface area contributed by atoms with Gasteiger partial charge in [0.1, 0.15) is 11.5 Å². The molecule has 0 saturated carbocycles. The number of hydrogen-bond acceptors (Lipinski definition) is 2. The first-order chi connectivity index (χ1) is 26.1. The van der Waals surface area contributed by atoms with Crippen molar-refractivity contribution in [3.63, 3.8) is 0 Å². The zero-order chi connectivity index (χ0) is 34.9. The summed E-state index contributed by atoms with van der Waals surface area (Å²) in [6.45, 7) is 2.41. The molecule has 0 bridgehead atoms. The van der Waals surface area contributed by atoms with Gasteiger partial charge >= 0.3 is 0 Å². The Labute approximate surface area is 308 Å². The molecule has 0 fully saturated rings. The minimum Gasteiger partial charge on any atom is -0.458 e. The molecule has 0 saturated heterocycles. The Bertz CT molecular complexity index is 2970. The van der Waals surface area contributed by atoms with E-state index in [0.717, 1.165) is 34.7 Å². The van der Waals surface area contributed by atoms with E-state index in [4.69, 9.17) is 4.74 Å². The van der Waals surface area contributed by atoms with Gasteiger partial charge in [-0.15, -0.1) is 0 Å². The number of aromatic nitrogens is 2. The number of benzene rings is 7. The predicted molar refractivity (Wildman–Crippen MR) is 220 cm³/mol. The standard InChI is InChI=1S/C48H34BN3O/c1-29-46(42-26-31-13-3-7-21-39(31)50(42)2)36-18-12-20-38-48(36)51(29)43-27-32(28-45-47(43)49(38)37-19-6-10-24-44(37)53-45)30-14-11-15-33(25-30)52-40-22-8-4-16-34(40)35-17-5-9-23-41(35)52/h3-25,27-28,42H,26H2,1-2H3. The summed E-state index contributed by atoms with van der Waals surface area (Å²) >= 11 is 0. The monoisotopic (exact) mass is 679 g/mol. The van der Waals surface area contributed by atoms with Gasteiger partial charge in [0.05, 0.1) is 17.1 Å². The predicted octanol–water partition coefficient (Wildman–Crippen LogP) is 9.37. The summed E-state index contributed by atoms with van der Waals surface area (Å²) in [5.41, 5.74) is 17.7. The summed E-state index contributed by atoms with van der Waals surface area (Å²) in [5, 5.41) is 3.88. The molecule has 0 spiro atoms. The number of fused-ring (bicyclic) bond motifs is 8. The summed E-state index contributed by atoms with van der Waals surface area (Å²) in [7, 11) is 2.26. The minimum atomic E-state index is 0.0831. The molecule has 3 aliphatic heterocycles. The van der Waals surface area contributed by atoms with Crippen molar-refractivity contribution in [2.24, 2.45) is 0 Å². The van der Waals surface area contributed by atoms with E-state index in [-0.39, 0.29) is 12.8 Å². The van der Waals surface area contributed by atoms with Gasteiger partial charge in [-0.25, -0.2) is 0 Å². The number of para-hydroxylation sites is 5. The number of ether oxygens (including phenoxy) is 1. The fraction of sp³-hybridized carbons (Fsp3) is 0.0833. The van der Waals surface area contributed by atoms with Gasteiger partial charge in [0.15, 0.2) is 0 Å². The Morgan fingerprint density at radius 1 is 0.585 bits per heavy atom. The molecule has 2 aromatic heterocycles. The maximum atomic E-state index is 6.89. The van der Waals surface area contributed by atoms with Crippen LogP contribution in [0.2, 0.25) is 0 Å². The molecule has 4 nitrogen and oxygen atoms in total. The van der Waals surface area contributed by atoms with E-state index in [2.05, 4.69) is 180 Å². The minimum absolute atomic E-state index is 0.0831. The lowest BCUT2D eigenvalue weighted by molar-refractivity contribution is 0.487. The molecule has 1 unspecified atom stereocenters. The molecule has 0 radical (unpaired) electrons. The van der Waals surface area contributed by atoms with E-state index >= 15 is 0 Å². The third-order valence-corrected chi connectivity index (χ3v) is 12.3. The first kappa shape index (κ1) is 29.2. The lowest BCUT2D eigenvalue weighted by Gasteiger charge is -2.34. The SMILES string of the molecule is Cc1c(C2Cc3ccccc3N2C)c2cccc3c2n1-c1cc(-c2cccc(-n4c5ccccc5c5ccccc54)c2)cc2c1B3c1ccccc1O2. The second kappa shape index (κ2) is 10.6.